The summed E-state index contributed by atoms with van der Waals surface area (Å²) in [5, 5.41) is 0. The third-order valence-corrected chi connectivity index (χ3v) is 5.87. The van der Waals surface area contributed by atoms with Gasteiger partial charge in [-0.05, 0) is 48.7 Å². The maximum Gasteiger partial charge on any atom is 0.260 e. The molecule has 2 aromatic heterocycles. The highest BCUT2D eigenvalue weighted by Crippen LogP contribution is 2.32. The second-order valence-corrected chi connectivity index (χ2v) is 8.13. The summed E-state index contributed by atoms with van der Waals surface area (Å²) in [7, 11) is 0. The minimum atomic E-state index is -0.352. The van der Waals surface area contributed by atoms with Gasteiger partial charge in [0, 0.05) is 18.0 Å². The molecule has 0 saturated carbocycles. The molecule has 0 bridgehead atoms. The lowest BCUT2D eigenvalue weighted by Gasteiger charge is -2.31. The van der Waals surface area contributed by atoms with E-state index in [1.54, 1.807) is 11.0 Å². The monoisotopic (exact) mass is 448 g/mol. The van der Waals surface area contributed by atoms with Crippen molar-refractivity contribution in [2.24, 2.45) is 0 Å². The van der Waals surface area contributed by atoms with Crippen LogP contribution in [0.5, 0.6) is 0 Å². The molecule has 0 radical (unpaired) electrons. The number of aromatic nitrogens is 3. The molecule has 2 N–H and O–H groups in total. The van der Waals surface area contributed by atoms with Crippen molar-refractivity contribution in [2.45, 2.75) is 18.9 Å². The van der Waals surface area contributed by atoms with Crippen LogP contribution in [-0.2, 0) is 6.42 Å². The van der Waals surface area contributed by atoms with Crippen LogP contribution in [0.4, 0.5) is 5.69 Å². The number of carbonyl (C=O) groups is 1. The number of rotatable bonds is 7. The number of imidazole rings is 1. The molecule has 3 aromatic carbocycles. The van der Waals surface area contributed by atoms with Crippen LogP contribution in [0.25, 0.3) is 11.0 Å². The van der Waals surface area contributed by atoms with Crippen molar-refractivity contribution in [3.05, 3.63) is 131 Å². The number of carbonyl (C=O) groups excluding carboxylic acids is 1. The Labute approximate surface area is 196 Å². The van der Waals surface area contributed by atoms with Gasteiger partial charge in [0.15, 0.2) is 0 Å². The Kier molecular flexibility index (Phi) is 6.03. The number of nitrogens with one attached hydrogen (secondary N) is 2. The zero-order valence-electron chi connectivity index (χ0n) is 18.5. The topological polar surface area (TPSA) is 81.8 Å². The molecule has 0 spiro atoms. The fraction of sp³-hybridized carbons (Fsp3) is 0.107. The summed E-state index contributed by atoms with van der Waals surface area (Å²) in [5.74, 6) is 0.514. The fourth-order valence-electron chi connectivity index (χ4n) is 4.18. The van der Waals surface area contributed by atoms with Crippen LogP contribution < -0.4 is 10.5 Å². The van der Waals surface area contributed by atoms with Crippen LogP contribution >= 0.6 is 0 Å². The molecule has 1 atom stereocenters. The number of hydrogen-bond acceptors (Lipinski definition) is 3. The van der Waals surface area contributed by atoms with E-state index < -0.39 is 0 Å². The smallest absolute Gasteiger partial charge is 0.260 e. The number of benzene rings is 3. The van der Waals surface area contributed by atoms with Crippen molar-refractivity contribution in [1.82, 2.24) is 15.0 Å². The lowest BCUT2D eigenvalue weighted by molar-refractivity contribution is 0.0973. The van der Waals surface area contributed by atoms with Crippen LogP contribution in [0.15, 0.2) is 108 Å². The van der Waals surface area contributed by atoms with Gasteiger partial charge in [-0.3, -0.25) is 14.5 Å². The minimum Gasteiger partial charge on any atom is -0.340 e. The average molecular weight is 449 g/mol. The number of aromatic amines is 2. The number of pyridine rings is 1. The third-order valence-electron chi connectivity index (χ3n) is 5.87. The summed E-state index contributed by atoms with van der Waals surface area (Å²) < 4.78 is 0. The maximum atomic E-state index is 13.9. The third kappa shape index (κ3) is 4.52. The first-order valence-corrected chi connectivity index (χ1v) is 11.2. The molecule has 0 aliphatic rings. The highest BCUT2D eigenvalue weighted by Gasteiger charge is 2.30. The van der Waals surface area contributed by atoms with Gasteiger partial charge in [-0.2, -0.15) is 0 Å². The Morgan fingerprint density at radius 1 is 0.853 bits per heavy atom. The predicted molar refractivity (Wildman–Crippen MR) is 134 cm³/mol. The maximum absolute atomic E-state index is 13.9. The highest BCUT2D eigenvalue weighted by molar-refractivity contribution is 6.06. The molecule has 0 aliphatic heterocycles. The highest BCUT2D eigenvalue weighted by atomic mass is 16.2. The number of hydrogen-bond donors (Lipinski definition) is 2. The molecule has 1 amide bonds. The number of anilines is 1. The summed E-state index contributed by atoms with van der Waals surface area (Å²) in [5.41, 5.74) is 3.88. The molecule has 5 aromatic rings. The van der Waals surface area contributed by atoms with E-state index in [-0.39, 0.29) is 17.5 Å². The van der Waals surface area contributed by atoms with Crippen molar-refractivity contribution in [3.8, 4) is 0 Å². The molecule has 34 heavy (non-hydrogen) atoms. The predicted octanol–water partition coefficient (Wildman–Crippen LogP) is 5.27. The van der Waals surface area contributed by atoms with Crippen LogP contribution in [0.2, 0.25) is 0 Å². The van der Waals surface area contributed by atoms with Gasteiger partial charge in [0.05, 0.1) is 22.6 Å². The summed E-state index contributed by atoms with van der Waals surface area (Å²) in [6.07, 6.45) is 2.89. The van der Waals surface area contributed by atoms with Crippen molar-refractivity contribution in [2.75, 3.05) is 4.90 Å². The largest absolute Gasteiger partial charge is 0.340 e. The summed E-state index contributed by atoms with van der Waals surface area (Å²) >= 11 is 0. The Bertz CT molecular complexity index is 1400. The molecule has 1 unspecified atom stereocenters. The number of nitrogens with zero attached hydrogens (tertiary/aromatic N) is 2. The first-order chi connectivity index (χ1) is 16.7. The van der Waals surface area contributed by atoms with Crippen LogP contribution in [0.1, 0.15) is 34.2 Å². The Hall–Kier alpha value is -4.45. The molecular weight excluding hydrogens is 424 g/mol. The number of fused-ring (bicyclic) bond motifs is 1. The van der Waals surface area contributed by atoms with E-state index >= 15 is 0 Å². The van der Waals surface area contributed by atoms with Crippen molar-refractivity contribution in [3.63, 3.8) is 0 Å². The Balaban J connectivity index is 1.61. The van der Waals surface area contributed by atoms with Gasteiger partial charge >= 0.3 is 0 Å². The van der Waals surface area contributed by atoms with Crippen molar-refractivity contribution < 1.29 is 4.79 Å². The molecule has 0 fully saturated rings. The van der Waals surface area contributed by atoms with Gasteiger partial charge in [-0.1, -0.05) is 60.7 Å². The van der Waals surface area contributed by atoms with E-state index in [0.717, 1.165) is 29.0 Å². The van der Waals surface area contributed by atoms with E-state index in [1.165, 1.54) is 17.8 Å². The summed E-state index contributed by atoms with van der Waals surface area (Å²) in [4.78, 5) is 38.1. The van der Waals surface area contributed by atoms with E-state index in [1.807, 2.05) is 72.8 Å². The number of para-hydroxylation sites is 3. The quantitative estimate of drug-likeness (QED) is 0.356. The summed E-state index contributed by atoms with van der Waals surface area (Å²) in [6.45, 7) is 0. The SMILES string of the molecule is O=C(c1ccc(=O)[nH]c1)N(c1ccccc1)C(CCc1ccccc1)c1nc2ccccc2[nH]1. The Morgan fingerprint density at radius 3 is 2.26 bits per heavy atom. The first-order valence-electron chi connectivity index (χ1n) is 11.2. The molecular formula is C28H24N4O2. The molecule has 2 heterocycles. The van der Waals surface area contributed by atoms with Crippen LogP contribution in [0, 0.1) is 0 Å². The lowest BCUT2D eigenvalue weighted by Crippen LogP contribution is -2.36. The van der Waals surface area contributed by atoms with Crippen molar-refractivity contribution in [1.29, 1.82) is 0 Å². The average Bonchev–Trinajstić information content (AvgIpc) is 3.32. The van der Waals surface area contributed by atoms with Crippen LogP contribution in [-0.4, -0.2) is 20.9 Å². The zero-order valence-corrected chi connectivity index (χ0v) is 18.5. The lowest BCUT2D eigenvalue weighted by atomic mass is 10.0. The molecule has 168 valence electrons. The van der Waals surface area contributed by atoms with Gasteiger partial charge < -0.3 is 9.97 Å². The number of aryl methyl sites for hydroxylation is 1. The van der Waals surface area contributed by atoms with Gasteiger partial charge in [0.2, 0.25) is 5.56 Å². The zero-order chi connectivity index (χ0) is 23.3. The molecule has 0 saturated heterocycles. The molecule has 0 aliphatic carbocycles. The summed E-state index contributed by atoms with van der Waals surface area (Å²) in [6, 6.07) is 30.2. The molecule has 5 rings (SSSR count). The van der Waals surface area contributed by atoms with E-state index in [9.17, 15) is 9.59 Å². The fourth-order valence-corrected chi connectivity index (χ4v) is 4.18. The van der Waals surface area contributed by atoms with E-state index in [4.69, 9.17) is 4.98 Å². The van der Waals surface area contributed by atoms with E-state index in [0.29, 0.717) is 12.0 Å². The molecule has 6 heteroatoms. The minimum absolute atomic E-state index is 0.207. The van der Waals surface area contributed by atoms with Crippen LogP contribution in [0.3, 0.4) is 0 Å². The second kappa shape index (κ2) is 9.58. The first kappa shape index (κ1) is 21.4. The normalized spacial score (nSPS) is 11.9. The van der Waals surface area contributed by atoms with E-state index in [2.05, 4.69) is 22.1 Å². The van der Waals surface area contributed by atoms with Gasteiger partial charge in [-0.15, -0.1) is 0 Å². The number of H-pyrrole nitrogens is 2. The van der Waals surface area contributed by atoms with Gasteiger partial charge in [0.25, 0.3) is 5.91 Å². The second-order valence-electron chi connectivity index (χ2n) is 8.13. The van der Waals surface area contributed by atoms with Gasteiger partial charge in [-0.25, -0.2) is 4.98 Å². The Morgan fingerprint density at radius 2 is 1.56 bits per heavy atom. The van der Waals surface area contributed by atoms with Gasteiger partial charge in [0.1, 0.15) is 5.82 Å². The number of amides is 1. The molecule has 6 nitrogen and oxygen atoms in total. The van der Waals surface area contributed by atoms with Crippen molar-refractivity contribution >= 4 is 22.6 Å². The standard InChI is InChI=1S/C28H24N4O2/c33-26-18-16-21(19-29-26)28(34)32(22-11-5-2-6-12-22)25(17-15-20-9-3-1-4-10-20)27-30-23-13-7-8-14-24(23)31-27/h1-14,16,18-19,25H,15,17H2,(H,29,33)(H,30,31).